The van der Waals surface area contributed by atoms with Gasteiger partial charge in [0.2, 0.25) is 0 Å². The first-order chi connectivity index (χ1) is 13.5. The summed E-state index contributed by atoms with van der Waals surface area (Å²) in [6, 6.07) is 0. The molecule has 0 spiro atoms. The van der Waals surface area contributed by atoms with Crippen molar-refractivity contribution in [2.45, 2.75) is 132 Å². The molecule has 0 saturated heterocycles. The summed E-state index contributed by atoms with van der Waals surface area (Å²) in [5.41, 5.74) is 0.249. The van der Waals surface area contributed by atoms with Gasteiger partial charge in [0.05, 0.1) is 0 Å². The minimum absolute atomic E-state index is 0.124. The largest absolute Gasteiger partial charge is 0.662 e. The van der Waals surface area contributed by atoms with Crippen molar-refractivity contribution in [1.82, 2.24) is 0 Å². The second kappa shape index (κ2) is 24.5. The minimum Gasteiger partial charge on any atom is -0.662 e. The fourth-order valence-electron chi connectivity index (χ4n) is 1.57. The van der Waals surface area contributed by atoms with Gasteiger partial charge in [-0.25, -0.2) is 0 Å². The Kier molecular flexibility index (Phi) is 28.6. The minimum atomic E-state index is -0.780. The van der Waals surface area contributed by atoms with Crippen molar-refractivity contribution >= 4 is 0 Å². The van der Waals surface area contributed by atoms with E-state index in [2.05, 4.69) is 86.9 Å². The molecule has 0 radical (unpaired) electrons. The third kappa shape index (κ3) is 47.4. The Labute approximate surface area is 193 Å². The molecule has 0 aliphatic heterocycles. The number of hydrogen-bond acceptors (Lipinski definition) is 2. The summed E-state index contributed by atoms with van der Waals surface area (Å²) in [6.45, 7) is 25.9. The third-order valence-electron chi connectivity index (χ3n) is 3.31. The van der Waals surface area contributed by atoms with Gasteiger partial charge in [-0.3, -0.25) is 0 Å². The number of nitrogens with zero attached hydrogens (tertiary/aromatic N) is 4. The first kappa shape index (κ1) is 33.8. The van der Waals surface area contributed by atoms with Crippen molar-refractivity contribution in [2.75, 3.05) is 26.2 Å². The molecular weight excluding hydrogens is 528 g/mol. The molecule has 4 nitrogen and oxygen atoms in total. The van der Waals surface area contributed by atoms with Crippen LogP contribution in [-0.4, -0.2) is 37.3 Å². The molecule has 0 aromatic heterocycles. The Bertz CT molecular complexity index is 320. The maximum Gasteiger partial charge on any atom is -0.0578 e. The zero-order valence-electron chi connectivity index (χ0n) is 21.7. The van der Waals surface area contributed by atoms with E-state index in [4.69, 9.17) is 0 Å². The predicted octanol–water partition coefficient (Wildman–Crippen LogP) is 8.95. The average Bonchev–Trinajstić information content (AvgIpc) is 2.60. The van der Waals surface area contributed by atoms with Crippen molar-refractivity contribution in [3.05, 3.63) is 10.6 Å². The summed E-state index contributed by atoms with van der Waals surface area (Å²) in [6.07, 6.45) is 10.2. The van der Waals surface area contributed by atoms with Crippen LogP contribution in [0.2, 0.25) is 0 Å². The first-order valence-corrected chi connectivity index (χ1v) is 14.5. The van der Waals surface area contributed by atoms with Crippen molar-refractivity contribution < 1.29 is 18.2 Å². The molecule has 0 atom stereocenters. The Morgan fingerprint density at radius 1 is 0.517 bits per heavy atom. The van der Waals surface area contributed by atoms with E-state index in [0.29, 0.717) is 0 Å². The van der Waals surface area contributed by atoms with Gasteiger partial charge in [-0.2, -0.15) is 0 Å². The summed E-state index contributed by atoms with van der Waals surface area (Å²) in [5.74, 6) is 0. The Hall–Kier alpha value is 0.208. The van der Waals surface area contributed by atoms with Crippen LogP contribution in [0.25, 0.3) is 10.6 Å². The fourth-order valence-corrected chi connectivity index (χ4v) is 3.48. The summed E-state index contributed by atoms with van der Waals surface area (Å²) < 4.78 is 9.08. The summed E-state index contributed by atoms with van der Waals surface area (Å²) in [4.78, 5) is 0. The molecule has 0 heterocycles. The normalized spacial score (nSPS) is 11.0. The van der Waals surface area contributed by atoms with Crippen LogP contribution >= 0.6 is 0 Å². The van der Waals surface area contributed by atoms with E-state index in [0.717, 1.165) is 26.2 Å². The van der Waals surface area contributed by atoms with Crippen molar-refractivity contribution in [3.63, 3.8) is 0 Å². The Morgan fingerprint density at radius 3 is 0.931 bits per heavy atom. The van der Waals surface area contributed by atoms with Gasteiger partial charge >= 0.3 is 77.8 Å². The van der Waals surface area contributed by atoms with E-state index in [1.54, 1.807) is 0 Å². The zero-order chi connectivity index (χ0) is 23.0. The van der Waals surface area contributed by atoms with E-state index in [1.807, 2.05) is 0 Å². The molecule has 0 fully saturated rings. The quantitative estimate of drug-likeness (QED) is 0.206. The molecule has 0 aromatic rings. The zero-order valence-corrected chi connectivity index (χ0v) is 24.6. The van der Waals surface area contributed by atoms with Crippen LogP contribution in [0.15, 0.2) is 6.99 Å². The van der Waals surface area contributed by atoms with Crippen LogP contribution in [0.3, 0.4) is 0 Å². The summed E-state index contributed by atoms with van der Waals surface area (Å²) in [5, 5.41) is 8.70. The molecule has 5 heteroatoms. The van der Waals surface area contributed by atoms with Gasteiger partial charge in [-0.15, -0.1) is 26.2 Å². The maximum atomic E-state index is 4.54. The summed E-state index contributed by atoms with van der Waals surface area (Å²) in [7, 11) is 0. The fraction of sp³-hybridized carbons (Fsp3) is 1.00. The second-order valence-electron chi connectivity index (χ2n) is 9.36. The van der Waals surface area contributed by atoms with Gasteiger partial charge in [0.15, 0.2) is 0 Å². The molecule has 0 bridgehead atoms. The van der Waals surface area contributed by atoms with Crippen LogP contribution in [0, 0.1) is 0 Å². The Morgan fingerprint density at radius 2 is 0.759 bits per heavy atom. The van der Waals surface area contributed by atoms with Gasteiger partial charge in [0.25, 0.3) is 0 Å². The SMILES string of the molecule is CC(C)(C)[N]=[W]=[N]C(C)(C)C.CCCC[N-]CCCC.CCCC[N-]CCCC. The molecule has 0 amide bonds. The molecule has 178 valence electrons. The van der Waals surface area contributed by atoms with Gasteiger partial charge in [-0.05, 0) is 0 Å². The molecule has 29 heavy (non-hydrogen) atoms. The molecular formula is C24H54N4W-2. The van der Waals surface area contributed by atoms with E-state index in [9.17, 15) is 0 Å². The van der Waals surface area contributed by atoms with Crippen LogP contribution in [-0.2, 0) is 18.2 Å². The molecule has 0 aliphatic rings. The van der Waals surface area contributed by atoms with Crippen LogP contribution in [0.1, 0.15) is 121 Å². The number of unbranched alkanes of at least 4 members (excludes halogenated alkanes) is 4. The van der Waals surface area contributed by atoms with Crippen LogP contribution < -0.4 is 0 Å². The standard InChI is InChI=1S/2C8H18N.2C4H9N.W/c2*1-3-5-7-9-8-6-4-2;2*1-4(2,3)5;/h2*3-8H2,1-2H3;2*1-3H3;/q2*-1;;;. The van der Waals surface area contributed by atoms with E-state index < -0.39 is 18.2 Å². The van der Waals surface area contributed by atoms with E-state index >= 15 is 0 Å². The number of rotatable bonds is 12. The van der Waals surface area contributed by atoms with Gasteiger partial charge in [-0.1, -0.05) is 79.1 Å². The first-order valence-electron chi connectivity index (χ1n) is 11.9. The molecule has 0 aromatic carbocycles. The van der Waals surface area contributed by atoms with E-state index in [1.165, 1.54) is 51.4 Å². The van der Waals surface area contributed by atoms with Gasteiger partial charge in [0, 0.05) is 0 Å². The molecule has 0 aliphatic carbocycles. The molecule has 0 saturated carbocycles. The van der Waals surface area contributed by atoms with Crippen molar-refractivity contribution in [1.29, 1.82) is 0 Å². The second-order valence-corrected chi connectivity index (χ2v) is 11.3. The smallest absolute Gasteiger partial charge is 0.0578 e. The molecule has 0 rings (SSSR count). The van der Waals surface area contributed by atoms with E-state index in [-0.39, 0.29) is 11.1 Å². The maximum absolute atomic E-state index is 4.54. The monoisotopic (exact) mass is 582 g/mol. The third-order valence-corrected chi connectivity index (χ3v) is 7.83. The average molecular weight is 583 g/mol. The summed E-state index contributed by atoms with van der Waals surface area (Å²) >= 11 is -0.780. The van der Waals surface area contributed by atoms with Gasteiger partial charge < -0.3 is 10.6 Å². The van der Waals surface area contributed by atoms with Crippen LogP contribution in [0.4, 0.5) is 0 Å². The van der Waals surface area contributed by atoms with Crippen LogP contribution in [0.5, 0.6) is 0 Å². The van der Waals surface area contributed by atoms with Gasteiger partial charge in [0.1, 0.15) is 0 Å². The van der Waals surface area contributed by atoms with Crippen molar-refractivity contribution in [3.8, 4) is 0 Å². The molecule has 0 N–H and O–H groups in total. The number of hydrogen-bond donors (Lipinski definition) is 0. The molecule has 0 unspecified atom stereocenters. The topological polar surface area (TPSA) is 52.9 Å². The predicted molar refractivity (Wildman–Crippen MR) is 130 cm³/mol. The van der Waals surface area contributed by atoms with Crippen molar-refractivity contribution in [2.24, 2.45) is 6.99 Å². The Balaban J connectivity index is -0.000000352.